The molecule has 1 amide bonds. The molecule has 5 rings (SSSR count). The number of nitrogens with zero attached hydrogens (tertiary/aromatic N) is 4. The van der Waals surface area contributed by atoms with E-state index in [4.69, 9.17) is 4.74 Å². The highest BCUT2D eigenvalue weighted by Gasteiger charge is 2.76. The molecule has 2 fully saturated rings. The first-order valence-corrected chi connectivity index (χ1v) is 10.8. The van der Waals surface area contributed by atoms with Crippen LogP contribution in [0.2, 0.25) is 0 Å². The Morgan fingerprint density at radius 1 is 1.28 bits per heavy atom. The molecular weight excluding hydrogens is 488 g/mol. The second-order valence-corrected chi connectivity index (χ2v) is 9.32. The molecular formula is C21H18BrF2N5O3. The van der Waals surface area contributed by atoms with E-state index >= 15 is 0 Å². The van der Waals surface area contributed by atoms with Crippen molar-refractivity contribution in [2.45, 2.75) is 44.8 Å². The van der Waals surface area contributed by atoms with Crippen LogP contribution in [0.5, 0.6) is 5.88 Å². The first-order chi connectivity index (χ1) is 15.2. The number of hydrogen-bond acceptors (Lipinski definition) is 6. The Labute approximate surface area is 189 Å². The maximum absolute atomic E-state index is 13.5. The van der Waals surface area contributed by atoms with Gasteiger partial charge < -0.3 is 4.74 Å². The highest BCUT2D eigenvalue weighted by Crippen LogP contribution is 2.71. The number of aromatic nitrogens is 4. The first-order valence-electron chi connectivity index (χ1n) is 9.99. The fraction of sp³-hybridized carbons (Fsp3) is 0.381. The summed E-state index contributed by atoms with van der Waals surface area (Å²) in [7, 11) is 0. The fourth-order valence-corrected chi connectivity index (χ4v) is 4.42. The third-order valence-electron chi connectivity index (χ3n) is 5.94. The number of halogens is 3. The van der Waals surface area contributed by atoms with Gasteiger partial charge in [0, 0.05) is 28.7 Å². The average Bonchev–Trinajstić information content (AvgIpc) is 3.29. The topological polar surface area (TPSA) is 99.0 Å². The molecule has 166 valence electrons. The van der Waals surface area contributed by atoms with E-state index in [2.05, 4.69) is 36.3 Å². The number of nitrogens with one attached hydrogen (secondary N) is 1. The summed E-state index contributed by atoms with van der Waals surface area (Å²) in [6.45, 7) is 1.43. The summed E-state index contributed by atoms with van der Waals surface area (Å²) in [5.74, 6) is -2.92. The van der Waals surface area contributed by atoms with E-state index in [-0.39, 0.29) is 37.6 Å². The number of anilines is 1. The van der Waals surface area contributed by atoms with Crippen LogP contribution in [0.1, 0.15) is 24.8 Å². The molecule has 32 heavy (non-hydrogen) atoms. The lowest BCUT2D eigenvalue weighted by molar-refractivity contribution is -0.117. The van der Waals surface area contributed by atoms with E-state index in [1.165, 1.54) is 0 Å². The van der Waals surface area contributed by atoms with Crippen molar-refractivity contribution in [1.82, 2.24) is 19.7 Å². The maximum Gasteiger partial charge on any atom is 0.275 e. The predicted molar refractivity (Wildman–Crippen MR) is 115 cm³/mol. The molecule has 2 aliphatic carbocycles. The number of fused-ring (bicyclic) bond motifs is 1. The van der Waals surface area contributed by atoms with Crippen molar-refractivity contribution in [3.8, 4) is 5.88 Å². The molecule has 2 saturated carbocycles. The van der Waals surface area contributed by atoms with Crippen LogP contribution in [0.15, 0.2) is 39.9 Å². The van der Waals surface area contributed by atoms with Crippen LogP contribution in [0, 0.1) is 12.3 Å². The van der Waals surface area contributed by atoms with Gasteiger partial charge in [-0.25, -0.2) is 23.4 Å². The molecule has 1 N–H and O–H groups in total. The number of alkyl halides is 2. The zero-order valence-electron chi connectivity index (χ0n) is 16.9. The lowest BCUT2D eigenvalue weighted by atomic mass is 9.78. The zero-order valence-corrected chi connectivity index (χ0v) is 18.5. The van der Waals surface area contributed by atoms with Crippen LogP contribution in [0.3, 0.4) is 0 Å². The van der Waals surface area contributed by atoms with Gasteiger partial charge in [0.25, 0.3) is 11.5 Å². The van der Waals surface area contributed by atoms with Crippen LogP contribution in [-0.4, -0.2) is 37.7 Å². The molecule has 0 radical (unpaired) electrons. The molecule has 2 aromatic heterocycles. The molecule has 0 saturated heterocycles. The first kappa shape index (κ1) is 20.9. The van der Waals surface area contributed by atoms with E-state index in [0.717, 1.165) is 10.2 Å². The largest absolute Gasteiger partial charge is 0.473 e. The third kappa shape index (κ3) is 3.64. The van der Waals surface area contributed by atoms with Crippen LogP contribution >= 0.6 is 15.9 Å². The summed E-state index contributed by atoms with van der Waals surface area (Å²) < 4.78 is 34.7. The van der Waals surface area contributed by atoms with Crippen LogP contribution < -0.4 is 15.6 Å². The third-order valence-corrected chi connectivity index (χ3v) is 6.43. The molecule has 2 heterocycles. The number of rotatable bonds is 5. The number of aryl methyl sites for hydroxylation is 1. The molecule has 11 heteroatoms. The smallest absolute Gasteiger partial charge is 0.275 e. The molecule has 1 aromatic carbocycles. The maximum atomic E-state index is 13.5. The van der Waals surface area contributed by atoms with E-state index in [1.54, 1.807) is 30.6 Å². The number of hydrogen-bond donors (Lipinski definition) is 1. The summed E-state index contributed by atoms with van der Waals surface area (Å²) in [4.78, 5) is 33.4. The normalized spacial score (nSPS) is 23.1. The monoisotopic (exact) mass is 505 g/mol. The van der Waals surface area contributed by atoms with Gasteiger partial charge in [-0.1, -0.05) is 15.9 Å². The van der Waals surface area contributed by atoms with Gasteiger partial charge in [-0.05, 0) is 43.5 Å². The highest BCUT2D eigenvalue weighted by molar-refractivity contribution is 9.10. The van der Waals surface area contributed by atoms with E-state index < -0.39 is 28.9 Å². The molecule has 3 aromatic rings. The van der Waals surface area contributed by atoms with Crippen molar-refractivity contribution in [3.05, 3.63) is 51.0 Å². The summed E-state index contributed by atoms with van der Waals surface area (Å²) in [5, 5.41) is 7.51. The molecule has 0 aliphatic heterocycles. The standard InChI is InChI=1S/C21H18BrF2N5O3/c1-11-7-25-19(26-8-11)27-16(30)9-29-18(31)14-3-2-12(22)4-15(14)17(28-29)32-13-5-20(6-13)10-21(20,23)24/h2-4,7-8,13H,5-6,9-10H2,1H3,(H,25,26,27,30). The molecule has 1 spiro atoms. The van der Waals surface area contributed by atoms with Gasteiger partial charge in [0.15, 0.2) is 0 Å². The fourth-order valence-electron chi connectivity index (χ4n) is 4.06. The van der Waals surface area contributed by atoms with Gasteiger partial charge >= 0.3 is 0 Å². The van der Waals surface area contributed by atoms with Gasteiger partial charge in [0.1, 0.15) is 12.6 Å². The molecule has 0 unspecified atom stereocenters. The lowest BCUT2D eigenvalue weighted by Gasteiger charge is -2.35. The Bertz CT molecular complexity index is 1290. The van der Waals surface area contributed by atoms with Gasteiger partial charge in [-0.15, -0.1) is 5.10 Å². The lowest BCUT2D eigenvalue weighted by Crippen LogP contribution is -2.39. The number of carbonyl (C=O) groups excluding carboxylic acids is 1. The quantitative estimate of drug-likeness (QED) is 0.569. The summed E-state index contributed by atoms with van der Waals surface area (Å²) in [5.41, 5.74) is -0.583. The Morgan fingerprint density at radius 3 is 2.62 bits per heavy atom. The van der Waals surface area contributed by atoms with E-state index in [0.29, 0.717) is 15.2 Å². The SMILES string of the molecule is Cc1cnc(NC(=O)Cn2nc(OC3CC4(C3)CC4(F)F)c3cc(Br)ccc3c2=O)nc1. The van der Waals surface area contributed by atoms with Gasteiger partial charge in [0.05, 0.1) is 10.8 Å². The predicted octanol–water partition coefficient (Wildman–Crippen LogP) is 3.46. The molecule has 0 atom stereocenters. The van der Waals surface area contributed by atoms with Gasteiger partial charge in [0.2, 0.25) is 17.7 Å². The van der Waals surface area contributed by atoms with Crippen molar-refractivity contribution in [1.29, 1.82) is 0 Å². The molecule has 2 aliphatic rings. The minimum atomic E-state index is -2.62. The number of carbonyl (C=O) groups is 1. The minimum absolute atomic E-state index is 0.111. The van der Waals surface area contributed by atoms with E-state index in [9.17, 15) is 18.4 Å². The van der Waals surface area contributed by atoms with Crippen molar-refractivity contribution in [3.63, 3.8) is 0 Å². The van der Waals surface area contributed by atoms with Crippen molar-refractivity contribution >= 4 is 38.6 Å². The summed E-state index contributed by atoms with van der Waals surface area (Å²) >= 11 is 3.36. The van der Waals surface area contributed by atoms with Crippen LogP contribution in [0.25, 0.3) is 10.8 Å². The Kier molecular flexibility index (Phi) is 4.77. The van der Waals surface area contributed by atoms with E-state index in [1.807, 2.05) is 6.92 Å². The summed E-state index contributed by atoms with van der Waals surface area (Å²) in [6.07, 6.45) is 3.06. The number of amides is 1. The summed E-state index contributed by atoms with van der Waals surface area (Å²) in [6, 6.07) is 4.98. The zero-order chi connectivity index (χ0) is 22.7. The van der Waals surface area contributed by atoms with Gasteiger partial charge in [-0.2, -0.15) is 0 Å². The average molecular weight is 506 g/mol. The second-order valence-electron chi connectivity index (χ2n) is 8.40. The van der Waals surface area contributed by atoms with Gasteiger partial charge in [-0.3, -0.25) is 14.9 Å². The molecule has 8 nitrogen and oxygen atoms in total. The highest BCUT2D eigenvalue weighted by atomic mass is 79.9. The minimum Gasteiger partial charge on any atom is -0.473 e. The van der Waals surface area contributed by atoms with Crippen LogP contribution in [0.4, 0.5) is 14.7 Å². The number of ether oxygens (including phenoxy) is 1. The Morgan fingerprint density at radius 2 is 1.97 bits per heavy atom. The van der Waals surface area contributed by atoms with Crippen molar-refractivity contribution < 1.29 is 18.3 Å². The van der Waals surface area contributed by atoms with Crippen molar-refractivity contribution in [2.24, 2.45) is 5.41 Å². The molecule has 0 bridgehead atoms. The van der Waals surface area contributed by atoms with Crippen molar-refractivity contribution in [2.75, 3.05) is 5.32 Å². The Balaban J connectivity index is 1.41. The van der Waals surface area contributed by atoms with Crippen LogP contribution in [-0.2, 0) is 11.3 Å². The Hall–Kier alpha value is -2.95. The number of benzene rings is 1. The second kappa shape index (κ2) is 7.29.